The van der Waals surface area contributed by atoms with E-state index in [2.05, 4.69) is 10.6 Å². The van der Waals surface area contributed by atoms with E-state index in [-0.39, 0.29) is 12.1 Å². The van der Waals surface area contributed by atoms with E-state index in [1.807, 2.05) is 0 Å². The molecule has 0 aromatic carbocycles. The number of hydrogen-bond donors (Lipinski definition) is 2. The minimum atomic E-state index is -0.0947. The summed E-state index contributed by atoms with van der Waals surface area (Å²) in [6, 6.07) is 0.0869. The topological polar surface area (TPSA) is 59.6 Å². The van der Waals surface area contributed by atoms with Crippen LogP contribution in [0.3, 0.4) is 0 Å². The van der Waals surface area contributed by atoms with Gasteiger partial charge in [0.25, 0.3) is 0 Å². The van der Waals surface area contributed by atoms with Crippen LogP contribution in [0.5, 0.6) is 0 Å². The number of urea groups is 1. The molecule has 1 saturated carbocycles. The molecule has 1 aliphatic carbocycles. The summed E-state index contributed by atoms with van der Waals surface area (Å²) in [6.45, 7) is 3.69. The molecule has 5 heteroatoms. The van der Waals surface area contributed by atoms with Crippen molar-refractivity contribution in [1.29, 1.82) is 0 Å². The predicted molar refractivity (Wildman–Crippen MR) is 63.9 cm³/mol. The molecular weight excluding hydrogens is 220 g/mol. The Morgan fingerprint density at radius 3 is 2.94 bits per heavy atom. The fraction of sp³-hybridized carbons (Fsp3) is 0.917. The Kier molecular flexibility index (Phi) is 5.07. The lowest BCUT2D eigenvalue weighted by Crippen LogP contribution is -2.42. The van der Waals surface area contributed by atoms with Crippen molar-refractivity contribution in [3.63, 3.8) is 0 Å². The van der Waals surface area contributed by atoms with Crippen molar-refractivity contribution >= 4 is 6.03 Å². The molecule has 0 bridgehead atoms. The first kappa shape index (κ1) is 12.6. The van der Waals surface area contributed by atoms with E-state index in [0.29, 0.717) is 13.2 Å². The molecule has 17 heavy (non-hydrogen) atoms. The van der Waals surface area contributed by atoms with E-state index in [4.69, 9.17) is 9.47 Å². The summed E-state index contributed by atoms with van der Waals surface area (Å²) in [5.74, 6) is 0.814. The zero-order valence-corrected chi connectivity index (χ0v) is 10.2. The molecule has 2 N–H and O–H groups in total. The molecule has 0 aromatic heterocycles. The second kappa shape index (κ2) is 6.81. The van der Waals surface area contributed by atoms with Crippen LogP contribution in [0.15, 0.2) is 0 Å². The summed E-state index contributed by atoms with van der Waals surface area (Å²) in [4.78, 5) is 11.4. The van der Waals surface area contributed by atoms with Crippen LogP contribution >= 0.6 is 0 Å². The van der Waals surface area contributed by atoms with Crippen molar-refractivity contribution in [2.24, 2.45) is 5.92 Å². The van der Waals surface area contributed by atoms with E-state index in [1.54, 1.807) is 0 Å². The van der Waals surface area contributed by atoms with Crippen LogP contribution in [0.1, 0.15) is 25.7 Å². The maximum atomic E-state index is 11.4. The predicted octanol–water partition coefficient (Wildman–Crippen LogP) is 0.891. The lowest BCUT2D eigenvalue weighted by molar-refractivity contribution is 0.122. The first-order chi connectivity index (χ1) is 8.34. The van der Waals surface area contributed by atoms with E-state index in [1.165, 1.54) is 12.8 Å². The zero-order valence-electron chi connectivity index (χ0n) is 10.2. The van der Waals surface area contributed by atoms with Gasteiger partial charge < -0.3 is 20.1 Å². The van der Waals surface area contributed by atoms with Gasteiger partial charge in [-0.1, -0.05) is 0 Å². The third-order valence-corrected chi connectivity index (χ3v) is 3.07. The van der Waals surface area contributed by atoms with Gasteiger partial charge in [-0.15, -0.1) is 0 Å². The maximum Gasteiger partial charge on any atom is 0.315 e. The average molecular weight is 242 g/mol. The van der Waals surface area contributed by atoms with Crippen molar-refractivity contribution < 1.29 is 14.3 Å². The van der Waals surface area contributed by atoms with Crippen LogP contribution in [0.2, 0.25) is 0 Å². The number of ether oxygens (including phenoxy) is 2. The highest BCUT2D eigenvalue weighted by Gasteiger charge is 2.21. The molecule has 2 aliphatic rings. The van der Waals surface area contributed by atoms with E-state index in [9.17, 15) is 4.79 Å². The molecule has 5 nitrogen and oxygen atoms in total. The lowest BCUT2D eigenvalue weighted by atomic mass is 10.3. The minimum Gasteiger partial charge on any atom is -0.381 e. The summed E-state index contributed by atoms with van der Waals surface area (Å²) >= 11 is 0. The molecule has 2 fully saturated rings. The van der Waals surface area contributed by atoms with Crippen molar-refractivity contribution in [1.82, 2.24) is 10.6 Å². The number of nitrogens with one attached hydrogen (secondary N) is 2. The summed E-state index contributed by atoms with van der Waals surface area (Å²) in [7, 11) is 0. The molecule has 1 heterocycles. The van der Waals surface area contributed by atoms with Gasteiger partial charge in [-0.25, -0.2) is 4.79 Å². The summed E-state index contributed by atoms with van der Waals surface area (Å²) in [5.41, 5.74) is 0. The molecule has 1 aliphatic heterocycles. The van der Waals surface area contributed by atoms with Crippen LogP contribution in [-0.4, -0.2) is 45.0 Å². The highest BCUT2D eigenvalue weighted by Crippen LogP contribution is 2.28. The molecule has 2 amide bonds. The first-order valence-electron chi connectivity index (χ1n) is 6.54. The monoisotopic (exact) mass is 242 g/mol. The Hall–Kier alpha value is -0.810. The smallest absolute Gasteiger partial charge is 0.315 e. The van der Waals surface area contributed by atoms with Crippen molar-refractivity contribution in [3.05, 3.63) is 0 Å². The standard InChI is InChI=1S/C12H22N2O3/c15-12(14-11-4-7-17-9-11)13-5-1-6-16-8-10-2-3-10/h10-11H,1-9H2,(H2,13,14,15). The Morgan fingerprint density at radius 2 is 2.24 bits per heavy atom. The highest BCUT2D eigenvalue weighted by molar-refractivity contribution is 5.74. The average Bonchev–Trinajstić information content (AvgIpc) is 3.00. The Labute approximate surface area is 102 Å². The van der Waals surface area contributed by atoms with Crippen LogP contribution in [0.25, 0.3) is 0 Å². The second-order valence-corrected chi connectivity index (χ2v) is 4.83. The lowest BCUT2D eigenvalue weighted by Gasteiger charge is -2.11. The largest absolute Gasteiger partial charge is 0.381 e. The first-order valence-corrected chi connectivity index (χ1v) is 6.54. The van der Waals surface area contributed by atoms with Crippen LogP contribution in [0.4, 0.5) is 4.79 Å². The van der Waals surface area contributed by atoms with E-state index < -0.39 is 0 Å². The number of carbonyl (C=O) groups is 1. The molecule has 0 spiro atoms. The normalized spacial score (nSPS) is 23.6. The van der Waals surface area contributed by atoms with Crippen LogP contribution in [-0.2, 0) is 9.47 Å². The van der Waals surface area contributed by atoms with E-state index in [0.717, 1.165) is 38.6 Å². The fourth-order valence-electron chi connectivity index (χ4n) is 1.80. The van der Waals surface area contributed by atoms with Gasteiger partial charge in [-0.3, -0.25) is 0 Å². The Balaban J connectivity index is 1.39. The molecule has 0 aromatic rings. The third kappa shape index (κ3) is 5.37. The molecule has 2 rings (SSSR count). The van der Waals surface area contributed by atoms with Gasteiger partial charge in [0.05, 0.1) is 12.6 Å². The van der Waals surface area contributed by atoms with Crippen LogP contribution < -0.4 is 10.6 Å². The summed E-state index contributed by atoms with van der Waals surface area (Å²) in [5, 5.41) is 5.71. The maximum absolute atomic E-state index is 11.4. The van der Waals surface area contributed by atoms with Gasteiger partial charge in [0, 0.05) is 26.4 Å². The van der Waals surface area contributed by atoms with Crippen molar-refractivity contribution in [2.45, 2.75) is 31.7 Å². The SMILES string of the molecule is O=C(NCCCOCC1CC1)NC1CCOC1. The summed E-state index contributed by atoms with van der Waals surface area (Å²) < 4.78 is 10.7. The van der Waals surface area contributed by atoms with Crippen molar-refractivity contribution in [2.75, 3.05) is 33.0 Å². The van der Waals surface area contributed by atoms with Gasteiger partial charge in [-0.2, -0.15) is 0 Å². The molecule has 0 radical (unpaired) electrons. The number of amides is 2. The van der Waals surface area contributed by atoms with Gasteiger partial charge in [0.2, 0.25) is 0 Å². The molecular formula is C12H22N2O3. The highest BCUT2D eigenvalue weighted by atomic mass is 16.5. The number of carbonyl (C=O) groups excluding carboxylic acids is 1. The summed E-state index contributed by atoms with van der Waals surface area (Å²) in [6.07, 6.45) is 4.44. The van der Waals surface area contributed by atoms with E-state index >= 15 is 0 Å². The second-order valence-electron chi connectivity index (χ2n) is 4.83. The molecule has 1 saturated heterocycles. The third-order valence-electron chi connectivity index (χ3n) is 3.07. The minimum absolute atomic E-state index is 0.0947. The van der Waals surface area contributed by atoms with Crippen LogP contribution in [0, 0.1) is 5.92 Å². The van der Waals surface area contributed by atoms with Crippen molar-refractivity contribution in [3.8, 4) is 0 Å². The Bertz CT molecular complexity index is 238. The van der Waals surface area contributed by atoms with Gasteiger partial charge in [0.15, 0.2) is 0 Å². The quantitative estimate of drug-likeness (QED) is 0.652. The number of rotatable bonds is 7. The number of hydrogen-bond acceptors (Lipinski definition) is 3. The zero-order chi connectivity index (χ0) is 11.9. The molecule has 1 unspecified atom stereocenters. The molecule has 1 atom stereocenters. The molecule has 98 valence electrons. The van der Waals surface area contributed by atoms with Gasteiger partial charge in [-0.05, 0) is 31.6 Å². The fourth-order valence-corrected chi connectivity index (χ4v) is 1.80. The Morgan fingerprint density at radius 1 is 1.35 bits per heavy atom. The van der Waals surface area contributed by atoms with Gasteiger partial charge >= 0.3 is 6.03 Å². The van der Waals surface area contributed by atoms with Gasteiger partial charge in [0.1, 0.15) is 0 Å².